The van der Waals surface area contributed by atoms with E-state index in [4.69, 9.17) is 14.6 Å². The number of nitrogens with zero attached hydrogens (tertiary/aromatic N) is 2. The lowest BCUT2D eigenvalue weighted by molar-refractivity contribution is -0.192. The van der Waals surface area contributed by atoms with Gasteiger partial charge in [-0.2, -0.15) is 13.2 Å². The first-order valence-corrected chi connectivity index (χ1v) is 10.5. The Kier molecular flexibility index (Phi) is 8.27. The number of likely N-dealkylation sites (tertiary alicyclic amines) is 1. The van der Waals surface area contributed by atoms with E-state index in [2.05, 4.69) is 5.32 Å². The van der Waals surface area contributed by atoms with Crippen molar-refractivity contribution in [3.8, 4) is 0 Å². The first kappa shape index (κ1) is 27.8. The van der Waals surface area contributed by atoms with E-state index in [9.17, 15) is 32.3 Å². The van der Waals surface area contributed by atoms with Crippen molar-refractivity contribution in [2.24, 2.45) is 11.8 Å². The number of halogens is 3. The molecule has 192 valence electrons. The number of nitrogens with one attached hydrogen (secondary N) is 1. The third-order valence-electron chi connectivity index (χ3n) is 6.07. The summed E-state index contributed by atoms with van der Waals surface area (Å²) in [6.07, 6.45) is -5.08. The van der Waals surface area contributed by atoms with Crippen LogP contribution in [0, 0.1) is 11.8 Å². The second kappa shape index (κ2) is 10.4. The predicted molar refractivity (Wildman–Crippen MR) is 114 cm³/mol. The Balaban J connectivity index is 0.000000540. The summed E-state index contributed by atoms with van der Waals surface area (Å²) in [5, 5.41) is 10.3. The number of benzene rings is 1. The molecule has 35 heavy (non-hydrogen) atoms. The number of rotatable bonds is 5. The summed E-state index contributed by atoms with van der Waals surface area (Å²) in [4.78, 5) is 62.3. The van der Waals surface area contributed by atoms with Gasteiger partial charge in [0.05, 0.1) is 18.9 Å². The van der Waals surface area contributed by atoms with Crippen molar-refractivity contribution in [3.63, 3.8) is 0 Å². The Hall–Kier alpha value is -3.48. The Morgan fingerprint density at radius 2 is 1.71 bits per heavy atom. The van der Waals surface area contributed by atoms with Crippen LogP contribution in [0.3, 0.4) is 0 Å². The monoisotopic (exact) mass is 501 g/mol. The van der Waals surface area contributed by atoms with Gasteiger partial charge in [0, 0.05) is 31.7 Å². The Labute approximate surface area is 199 Å². The van der Waals surface area contributed by atoms with Crippen LogP contribution in [0.25, 0.3) is 0 Å². The van der Waals surface area contributed by atoms with Gasteiger partial charge in [-0.3, -0.25) is 29.4 Å². The number of carbonyl (C=O) groups excluding carboxylic acids is 4. The highest BCUT2D eigenvalue weighted by molar-refractivity contribution is 6.09. The van der Waals surface area contributed by atoms with E-state index in [-0.39, 0.29) is 18.4 Å². The molecule has 3 rings (SSSR count). The van der Waals surface area contributed by atoms with Gasteiger partial charge in [0.2, 0.25) is 11.8 Å². The van der Waals surface area contributed by atoms with Gasteiger partial charge in [-0.15, -0.1) is 0 Å². The van der Waals surface area contributed by atoms with Crippen LogP contribution in [-0.4, -0.2) is 89.6 Å². The normalized spacial score (nSPS) is 25.5. The number of hydrogen-bond donors (Lipinski definition) is 2. The van der Waals surface area contributed by atoms with Crippen molar-refractivity contribution in [3.05, 3.63) is 35.9 Å². The number of ether oxygens (including phenoxy) is 1. The first-order chi connectivity index (χ1) is 16.2. The van der Waals surface area contributed by atoms with Crippen molar-refractivity contribution in [2.45, 2.75) is 31.6 Å². The van der Waals surface area contributed by atoms with Crippen LogP contribution >= 0.6 is 0 Å². The molecule has 0 bridgehead atoms. The molecule has 2 aliphatic rings. The van der Waals surface area contributed by atoms with Gasteiger partial charge in [-0.05, 0) is 26.0 Å². The highest BCUT2D eigenvalue weighted by atomic mass is 19.4. The molecule has 2 heterocycles. The van der Waals surface area contributed by atoms with Crippen molar-refractivity contribution >= 4 is 29.7 Å². The third kappa shape index (κ3) is 5.45. The Morgan fingerprint density at radius 1 is 1.17 bits per heavy atom. The molecule has 4 atom stereocenters. The lowest BCUT2D eigenvalue weighted by Gasteiger charge is -2.30. The topological polar surface area (TPSA) is 133 Å². The number of carboxylic acid groups (broad SMARTS) is 1. The largest absolute Gasteiger partial charge is 0.490 e. The van der Waals surface area contributed by atoms with Gasteiger partial charge < -0.3 is 14.7 Å². The van der Waals surface area contributed by atoms with Crippen molar-refractivity contribution in [1.29, 1.82) is 0 Å². The molecule has 13 heteroatoms. The van der Waals surface area contributed by atoms with Crippen molar-refractivity contribution in [2.75, 3.05) is 27.2 Å². The minimum Gasteiger partial charge on any atom is -0.475 e. The molecule has 2 aliphatic heterocycles. The van der Waals surface area contributed by atoms with E-state index in [1.165, 1.54) is 14.2 Å². The second-order valence-corrected chi connectivity index (χ2v) is 8.20. The number of fused-ring (bicyclic) bond motifs is 1. The average molecular weight is 501 g/mol. The molecule has 3 amide bonds. The molecule has 0 aliphatic carbocycles. The number of esters is 1. The fourth-order valence-electron chi connectivity index (χ4n) is 4.33. The number of likely N-dealkylation sites (N-methyl/N-ethyl adjacent to an activating group) is 1. The van der Waals surface area contributed by atoms with Gasteiger partial charge in [0.1, 0.15) is 5.54 Å². The molecule has 0 aromatic heterocycles. The molecule has 2 saturated heterocycles. The van der Waals surface area contributed by atoms with Gasteiger partial charge in [0.15, 0.2) is 0 Å². The van der Waals surface area contributed by atoms with Crippen molar-refractivity contribution < 1.29 is 47.0 Å². The Morgan fingerprint density at radius 3 is 2.17 bits per heavy atom. The predicted octanol–water partition coefficient (Wildman–Crippen LogP) is 0.917. The van der Waals surface area contributed by atoms with Crippen LogP contribution in [0.4, 0.5) is 13.2 Å². The van der Waals surface area contributed by atoms with E-state index in [0.717, 1.165) is 4.90 Å². The molecule has 1 aromatic rings. The lowest BCUT2D eigenvalue weighted by Crippen LogP contribution is -2.56. The zero-order valence-electron chi connectivity index (χ0n) is 19.5. The smallest absolute Gasteiger partial charge is 0.475 e. The number of alkyl halides is 3. The number of hydrogen-bond acceptors (Lipinski definition) is 7. The zero-order chi connectivity index (χ0) is 26.7. The molecule has 1 aromatic carbocycles. The fraction of sp³-hybridized carbons (Fsp3) is 0.500. The summed E-state index contributed by atoms with van der Waals surface area (Å²) in [5.41, 5.74) is -0.780. The van der Waals surface area contributed by atoms with E-state index < -0.39 is 47.4 Å². The van der Waals surface area contributed by atoms with E-state index in [1.807, 2.05) is 13.0 Å². The molecule has 2 N–H and O–H groups in total. The van der Waals surface area contributed by atoms with E-state index in [0.29, 0.717) is 12.1 Å². The Bertz CT molecular complexity index is 1000. The third-order valence-corrected chi connectivity index (χ3v) is 6.07. The summed E-state index contributed by atoms with van der Waals surface area (Å²) in [5.74, 6) is -5.85. The van der Waals surface area contributed by atoms with E-state index >= 15 is 0 Å². The van der Waals surface area contributed by atoms with Crippen LogP contribution in [0.2, 0.25) is 0 Å². The van der Waals surface area contributed by atoms with Gasteiger partial charge in [-0.1, -0.05) is 18.2 Å². The average Bonchev–Trinajstić information content (AvgIpc) is 3.24. The molecule has 0 radical (unpaired) electrons. The number of imide groups is 1. The first-order valence-electron chi connectivity index (χ1n) is 10.5. The molecule has 0 spiro atoms. The van der Waals surface area contributed by atoms with Crippen LogP contribution in [0.1, 0.15) is 24.2 Å². The van der Waals surface area contributed by atoms with E-state index in [1.54, 1.807) is 36.1 Å². The maximum absolute atomic E-state index is 12.9. The molecular weight excluding hydrogens is 475 g/mol. The number of carbonyl (C=O) groups is 5. The summed E-state index contributed by atoms with van der Waals surface area (Å²) in [7, 11) is 2.67. The minimum atomic E-state index is -5.08. The molecular formula is C22H26F3N3O7. The molecule has 0 unspecified atom stereocenters. The maximum Gasteiger partial charge on any atom is 0.490 e. The summed E-state index contributed by atoms with van der Waals surface area (Å²) < 4.78 is 36.6. The summed E-state index contributed by atoms with van der Waals surface area (Å²) in [6.45, 7) is 4.05. The quantitative estimate of drug-likeness (QED) is 0.450. The van der Waals surface area contributed by atoms with Crippen LogP contribution in [0.15, 0.2) is 30.3 Å². The SMILES string of the molecule is CCN(C[C@H]1N[C@@](C)(C(=O)OC)[C@H]2C(=O)N(C)C(=O)[C@@H]12)C(=O)c1ccccc1.O=C(O)C(F)(F)F. The van der Waals surface area contributed by atoms with Crippen molar-refractivity contribution in [1.82, 2.24) is 15.1 Å². The van der Waals surface area contributed by atoms with Crippen LogP contribution < -0.4 is 5.32 Å². The van der Waals surface area contributed by atoms with Gasteiger partial charge in [-0.25, -0.2) is 4.79 Å². The molecule has 0 saturated carbocycles. The lowest BCUT2D eigenvalue weighted by atomic mass is 9.81. The van der Waals surface area contributed by atoms with Gasteiger partial charge in [0.25, 0.3) is 5.91 Å². The van der Waals surface area contributed by atoms with Crippen LogP contribution in [0.5, 0.6) is 0 Å². The standard InChI is InChI=1S/C20H25N3O5.C2HF3O2/c1-5-23(16(24)12-9-7-6-8-10-12)11-13-14-15(18(26)22(3)17(14)25)20(2,21-13)19(27)28-4;3-2(4,5)1(6)7/h6-10,13-15,21H,5,11H2,1-4H3;(H,6,7)/t13-,14+,15-,20-;/m1./s1. The highest BCUT2D eigenvalue weighted by Gasteiger charge is 2.66. The number of carboxylic acids is 1. The van der Waals surface area contributed by atoms with Crippen LogP contribution in [-0.2, 0) is 23.9 Å². The molecule has 2 fully saturated rings. The summed E-state index contributed by atoms with van der Waals surface area (Å²) >= 11 is 0. The maximum atomic E-state index is 12.9. The number of methoxy groups -OCH3 is 1. The van der Waals surface area contributed by atoms with Gasteiger partial charge >= 0.3 is 18.1 Å². The second-order valence-electron chi connectivity index (χ2n) is 8.20. The number of aliphatic carboxylic acids is 1. The highest BCUT2D eigenvalue weighted by Crippen LogP contribution is 2.43. The molecule has 10 nitrogen and oxygen atoms in total. The number of amides is 3. The summed E-state index contributed by atoms with van der Waals surface area (Å²) in [6, 6.07) is 8.32. The fourth-order valence-corrected chi connectivity index (χ4v) is 4.33. The zero-order valence-corrected chi connectivity index (χ0v) is 19.5. The minimum absolute atomic E-state index is 0.168.